The second-order valence-corrected chi connectivity index (χ2v) is 3.84. The minimum atomic E-state index is -0.532. The zero-order valence-corrected chi connectivity index (χ0v) is 9.29. The summed E-state index contributed by atoms with van der Waals surface area (Å²) in [4.78, 5) is 10.0. The van der Waals surface area contributed by atoms with Gasteiger partial charge in [-0.3, -0.25) is 10.1 Å². The highest BCUT2D eigenvalue weighted by atomic mass is 32.2. The molecule has 0 atom stereocenters. The van der Waals surface area contributed by atoms with Gasteiger partial charge in [0.05, 0.1) is 16.6 Å². The lowest BCUT2D eigenvalue weighted by molar-refractivity contribution is -0.419. The monoisotopic (exact) mass is 224 g/mol. The molecule has 0 fully saturated rings. The van der Waals surface area contributed by atoms with Gasteiger partial charge in [-0.2, -0.15) is 17.0 Å². The van der Waals surface area contributed by atoms with E-state index in [1.165, 1.54) is 6.08 Å². The van der Waals surface area contributed by atoms with E-state index in [1.54, 1.807) is 23.9 Å². The molecule has 0 aliphatic carbocycles. The van der Waals surface area contributed by atoms with Gasteiger partial charge in [0.1, 0.15) is 0 Å². The number of nitriles is 1. The highest BCUT2D eigenvalue weighted by Gasteiger charge is 2.05. The summed E-state index contributed by atoms with van der Waals surface area (Å²) < 4.78 is 0. The molecule has 4 nitrogen and oxygen atoms in total. The zero-order valence-electron chi connectivity index (χ0n) is 8.47. The Morgan fingerprint density at radius 1 is 1.73 bits per heavy atom. The van der Waals surface area contributed by atoms with Crippen LogP contribution in [0.25, 0.3) is 0 Å². The van der Waals surface area contributed by atoms with Gasteiger partial charge in [-0.15, -0.1) is 0 Å². The van der Waals surface area contributed by atoms with Crippen molar-refractivity contribution in [3.05, 3.63) is 46.2 Å². The summed E-state index contributed by atoms with van der Waals surface area (Å²) in [5.41, 5.74) is -0.0345. The predicted molar refractivity (Wildman–Crippen MR) is 62.0 cm³/mol. The highest BCUT2D eigenvalue weighted by molar-refractivity contribution is 7.99. The van der Waals surface area contributed by atoms with E-state index >= 15 is 0 Å². The molecule has 0 radical (unpaired) electrons. The van der Waals surface area contributed by atoms with E-state index in [2.05, 4.69) is 6.58 Å². The number of nitro groups is 1. The van der Waals surface area contributed by atoms with Crippen molar-refractivity contribution in [2.75, 3.05) is 11.5 Å². The van der Waals surface area contributed by atoms with Crippen molar-refractivity contribution in [2.45, 2.75) is 6.92 Å². The van der Waals surface area contributed by atoms with Crippen molar-refractivity contribution in [1.82, 2.24) is 0 Å². The largest absolute Gasteiger partial charge is 0.270 e. The topological polar surface area (TPSA) is 66.9 Å². The molecule has 80 valence electrons. The standard InChI is InChI=1S/C10H12N2O2S/c1-3-15-6-4-5-10(12(13)14)7-9(2)8-11/h4-5,7H,2-3,6H2,1H3/b5-4-,10-7+. The normalized spacial score (nSPS) is 11.3. The van der Waals surface area contributed by atoms with Gasteiger partial charge >= 0.3 is 0 Å². The molecule has 0 aromatic carbocycles. The van der Waals surface area contributed by atoms with Crippen LogP contribution in [-0.4, -0.2) is 16.4 Å². The minimum Gasteiger partial charge on any atom is -0.258 e. The molecule has 0 spiro atoms. The highest BCUT2D eigenvalue weighted by Crippen LogP contribution is 2.05. The second kappa shape index (κ2) is 7.83. The van der Waals surface area contributed by atoms with E-state index in [-0.39, 0.29) is 11.3 Å². The summed E-state index contributed by atoms with van der Waals surface area (Å²) in [5, 5.41) is 19.0. The number of hydrogen-bond donors (Lipinski definition) is 0. The number of allylic oxidation sites excluding steroid dienone is 3. The fourth-order valence-electron chi connectivity index (χ4n) is 0.727. The van der Waals surface area contributed by atoms with Crippen LogP contribution in [-0.2, 0) is 0 Å². The smallest absolute Gasteiger partial charge is 0.258 e. The Labute approximate surface area is 93.1 Å². The molecule has 0 aliphatic heterocycles. The molecule has 0 aromatic rings. The lowest BCUT2D eigenvalue weighted by atomic mass is 10.2. The molecule has 0 heterocycles. The molecule has 0 bridgehead atoms. The van der Waals surface area contributed by atoms with Gasteiger partial charge in [-0.05, 0) is 5.75 Å². The number of thioether (sulfide) groups is 1. The van der Waals surface area contributed by atoms with E-state index in [1.807, 2.05) is 6.92 Å². The summed E-state index contributed by atoms with van der Waals surface area (Å²) in [7, 11) is 0. The van der Waals surface area contributed by atoms with E-state index in [9.17, 15) is 10.1 Å². The maximum absolute atomic E-state index is 10.5. The molecule has 0 saturated carbocycles. The summed E-state index contributed by atoms with van der Waals surface area (Å²) >= 11 is 1.66. The lowest BCUT2D eigenvalue weighted by Crippen LogP contribution is -1.95. The molecule has 0 aromatic heterocycles. The third-order valence-electron chi connectivity index (χ3n) is 1.38. The van der Waals surface area contributed by atoms with Gasteiger partial charge in [-0.1, -0.05) is 19.6 Å². The van der Waals surface area contributed by atoms with Crippen molar-refractivity contribution in [3.63, 3.8) is 0 Å². The number of nitrogens with zero attached hydrogens (tertiary/aromatic N) is 2. The van der Waals surface area contributed by atoms with Crippen LogP contribution in [0.5, 0.6) is 0 Å². The summed E-state index contributed by atoms with van der Waals surface area (Å²) in [6.45, 7) is 5.37. The van der Waals surface area contributed by atoms with Gasteiger partial charge in [0, 0.05) is 17.9 Å². The average Bonchev–Trinajstić information content (AvgIpc) is 2.21. The maximum Gasteiger partial charge on any atom is 0.270 e. The summed E-state index contributed by atoms with van der Waals surface area (Å²) in [6, 6.07) is 1.74. The first-order valence-corrected chi connectivity index (χ1v) is 5.46. The zero-order chi connectivity index (χ0) is 11.7. The van der Waals surface area contributed by atoms with Crippen LogP contribution in [0.2, 0.25) is 0 Å². The van der Waals surface area contributed by atoms with Gasteiger partial charge in [-0.25, -0.2) is 0 Å². The van der Waals surface area contributed by atoms with Gasteiger partial charge in [0.25, 0.3) is 5.70 Å². The summed E-state index contributed by atoms with van der Waals surface area (Å²) in [5.74, 6) is 1.69. The van der Waals surface area contributed by atoms with Crippen LogP contribution < -0.4 is 0 Å². The van der Waals surface area contributed by atoms with Crippen molar-refractivity contribution in [3.8, 4) is 6.07 Å². The molecule has 0 aliphatic rings. The van der Waals surface area contributed by atoms with Crippen LogP contribution in [0.1, 0.15) is 6.92 Å². The number of hydrogen-bond acceptors (Lipinski definition) is 4. The fraction of sp³-hybridized carbons (Fsp3) is 0.300. The third kappa shape index (κ3) is 6.52. The molecule has 0 saturated heterocycles. The first-order valence-electron chi connectivity index (χ1n) is 4.31. The van der Waals surface area contributed by atoms with E-state index < -0.39 is 4.92 Å². The Morgan fingerprint density at radius 3 is 2.87 bits per heavy atom. The molecule has 5 heteroatoms. The molecular weight excluding hydrogens is 212 g/mol. The Kier molecular flexibility index (Phi) is 7.02. The fourth-order valence-corrected chi connectivity index (χ4v) is 1.20. The first kappa shape index (κ1) is 13.5. The van der Waals surface area contributed by atoms with E-state index in [0.717, 1.165) is 17.6 Å². The lowest BCUT2D eigenvalue weighted by Gasteiger charge is -1.91. The van der Waals surface area contributed by atoms with Gasteiger partial charge < -0.3 is 0 Å². The van der Waals surface area contributed by atoms with Crippen LogP contribution >= 0.6 is 11.8 Å². The molecule has 0 N–H and O–H groups in total. The quantitative estimate of drug-likeness (QED) is 0.228. The minimum absolute atomic E-state index is 0.0782. The van der Waals surface area contributed by atoms with Crippen molar-refractivity contribution >= 4 is 11.8 Å². The van der Waals surface area contributed by atoms with Crippen LogP contribution in [0, 0.1) is 21.4 Å². The van der Waals surface area contributed by atoms with Gasteiger partial charge in [0.15, 0.2) is 0 Å². The summed E-state index contributed by atoms with van der Waals surface area (Å²) in [6.07, 6.45) is 4.26. The average molecular weight is 224 g/mol. The molecule has 0 unspecified atom stereocenters. The van der Waals surface area contributed by atoms with Crippen molar-refractivity contribution in [2.24, 2.45) is 0 Å². The molecule has 0 amide bonds. The Morgan fingerprint density at radius 2 is 2.40 bits per heavy atom. The predicted octanol–water partition coefficient (Wildman–Crippen LogP) is 2.54. The molecule has 0 rings (SSSR count). The molecular formula is C10H12N2O2S. The Bertz CT molecular complexity index is 340. The van der Waals surface area contributed by atoms with E-state index in [4.69, 9.17) is 5.26 Å². The van der Waals surface area contributed by atoms with Gasteiger partial charge in [0.2, 0.25) is 0 Å². The van der Waals surface area contributed by atoms with Crippen LogP contribution in [0.15, 0.2) is 36.1 Å². The SMILES string of the molecule is C=C(C#N)/C=C(\C=C/CSCC)[N+](=O)[O-]. The second-order valence-electron chi connectivity index (χ2n) is 2.53. The van der Waals surface area contributed by atoms with E-state index in [0.29, 0.717) is 0 Å². The molecule has 15 heavy (non-hydrogen) atoms. The Hall–Kier alpha value is -1.54. The first-order chi connectivity index (χ1) is 7.11. The number of rotatable bonds is 6. The van der Waals surface area contributed by atoms with Crippen molar-refractivity contribution < 1.29 is 4.92 Å². The third-order valence-corrected chi connectivity index (χ3v) is 2.22. The maximum atomic E-state index is 10.5. The Balaban J connectivity index is 4.50. The van der Waals surface area contributed by atoms with Crippen molar-refractivity contribution in [1.29, 1.82) is 5.26 Å². The van der Waals surface area contributed by atoms with Crippen LogP contribution in [0.3, 0.4) is 0 Å². The van der Waals surface area contributed by atoms with Crippen LogP contribution in [0.4, 0.5) is 0 Å².